The van der Waals surface area contributed by atoms with E-state index in [0.717, 1.165) is 36.1 Å². The minimum atomic E-state index is 0.206. The van der Waals surface area contributed by atoms with Crippen LogP contribution in [-0.4, -0.2) is 15.1 Å². The lowest BCUT2D eigenvalue weighted by molar-refractivity contribution is 0.435. The molecule has 0 atom stereocenters. The highest BCUT2D eigenvalue weighted by Crippen LogP contribution is 2.31. The molecule has 0 unspecified atom stereocenters. The number of aromatic nitrogens is 2. The molecule has 1 aliphatic carbocycles. The average molecular weight is 256 g/mol. The molecule has 1 N–H and O–H groups in total. The first-order chi connectivity index (χ1) is 9.22. The van der Waals surface area contributed by atoms with E-state index in [1.165, 1.54) is 6.42 Å². The number of hydrogen-bond donors (Lipinski definition) is 1. The first kappa shape index (κ1) is 12.0. The fourth-order valence-corrected chi connectivity index (χ4v) is 2.48. The molecule has 0 spiro atoms. The number of benzene rings is 1. The molecule has 0 aliphatic heterocycles. The van der Waals surface area contributed by atoms with Crippen molar-refractivity contribution in [1.29, 1.82) is 0 Å². The summed E-state index contributed by atoms with van der Waals surface area (Å²) in [5.41, 5.74) is 3.15. The fourth-order valence-electron chi connectivity index (χ4n) is 2.48. The molecule has 1 aromatic carbocycles. The van der Waals surface area contributed by atoms with Gasteiger partial charge in [-0.2, -0.15) is 0 Å². The molecule has 98 valence electrons. The summed E-state index contributed by atoms with van der Waals surface area (Å²) in [7, 11) is 0. The third-order valence-electron chi connectivity index (χ3n) is 3.34. The number of aromatic hydroxyl groups is 1. The molecule has 0 radical (unpaired) electrons. The van der Waals surface area contributed by atoms with Gasteiger partial charge in [-0.05, 0) is 50.3 Å². The van der Waals surface area contributed by atoms with E-state index < -0.39 is 0 Å². The van der Waals surface area contributed by atoms with Gasteiger partial charge in [0.05, 0.1) is 5.69 Å². The summed E-state index contributed by atoms with van der Waals surface area (Å²) in [5.74, 6) is 1.44. The summed E-state index contributed by atoms with van der Waals surface area (Å²) in [6, 6.07) is 5.18. The molecule has 1 aliphatic rings. The summed E-state index contributed by atoms with van der Waals surface area (Å²) >= 11 is 0. The highest BCUT2D eigenvalue weighted by atomic mass is 16.5. The van der Waals surface area contributed by atoms with Crippen LogP contribution in [0.25, 0.3) is 0 Å². The van der Waals surface area contributed by atoms with E-state index in [-0.39, 0.29) is 5.75 Å². The zero-order valence-corrected chi connectivity index (χ0v) is 10.9. The van der Waals surface area contributed by atoms with Crippen LogP contribution in [0.3, 0.4) is 0 Å². The number of ether oxygens (including phenoxy) is 1. The van der Waals surface area contributed by atoms with E-state index in [4.69, 9.17) is 4.74 Å². The van der Waals surface area contributed by atoms with Crippen molar-refractivity contribution in [2.75, 3.05) is 0 Å². The van der Waals surface area contributed by atoms with Gasteiger partial charge in [0.2, 0.25) is 5.88 Å². The van der Waals surface area contributed by atoms with Crippen LogP contribution in [0.2, 0.25) is 0 Å². The highest BCUT2D eigenvalue weighted by Gasteiger charge is 2.17. The van der Waals surface area contributed by atoms with Crippen molar-refractivity contribution >= 4 is 0 Å². The van der Waals surface area contributed by atoms with E-state index >= 15 is 0 Å². The van der Waals surface area contributed by atoms with Gasteiger partial charge in [0, 0.05) is 11.6 Å². The summed E-state index contributed by atoms with van der Waals surface area (Å²) < 4.78 is 5.83. The molecule has 0 fully saturated rings. The van der Waals surface area contributed by atoms with Gasteiger partial charge in [0.25, 0.3) is 0 Å². The van der Waals surface area contributed by atoms with E-state index in [9.17, 15) is 5.11 Å². The fraction of sp³-hybridized carbons (Fsp3) is 0.333. The lowest BCUT2D eigenvalue weighted by Crippen LogP contribution is -2.08. The molecule has 2 aromatic rings. The Labute approximate surface area is 112 Å². The maximum Gasteiger partial charge on any atom is 0.225 e. The van der Waals surface area contributed by atoms with E-state index in [0.29, 0.717) is 11.6 Å². The van der Waals surface area contributed by atoms with Crippen LogP contribution in [0.1, 0.15) is 29.7 Å². The zero-order chi connectivity index (χ0) is 13.2. The summed E-state index contributed by atoms with van der Waals surface area (Å²) in [6.45, 7) is 1.92. The van der Waals surface area contributed by atoms with Crippen molar-refractivity contribution in [3.63, 3.8) is 0 Å². The number of rotatable bonds is 2. The molecular weight excluding hydrogens is 240 g/mol. The topological polar surface area (TPSA) is 55.2 Å². The lowest BCUT2D eigenvalue weighted by Gasteiger charge is -2.17. The Morgan fingerprint density at radius 3 is 2.79 bits per heavy atom. The first-order valence-corrected chi connectivity index (χ1v) is 6.53. The summed E-state index contributed by atoms with van der Waals surface area (Å²) in [6.07, 6.45) is 5.83. The quantitative estimate of drug-likeness (QED) is 0.896. The SMILES string of the molecule is Cc1cc(O)cc(Oc2ncnc3c2CCCC3)c1. The van der Waals surface area contributed by atoms with Gasteiger partial charge in [-0.15, -0.1) is 0 Å². The monoisotopic (exact) mass is 256 g/mol. The van der Waals surface area contributed by atoms with Crippen LogP contribution in [0.15, 0.2) is 24.5 Å². The molecule has 0 amide bonds. The van der Waals surface area contributed by atoms with Crippen LogP contribution in [0.5, 0.6) is 17.4 Å². The zero-order valence-electron chi connectivity index (χ0n) is 10.9. The minimum Gasteiger partial charge on any atom is -0.508 e. The van der Waals surface area contributed by atoms with Gasteiger partial charge in [-0.1, -0.05) is 0 Å². The predicted octanol–water partition coefficient (Wildman–Crippen LogP) is 3.16. The average Bonchev–Trinajstić information content (AvgIpc) is 2.38. The van der Waals surface area contributed by atoms with Crippen molar-refractivity contribution < 1.29 is 9.84 Å². The number of fused-ring (bicyclic) bond motifs is 1. The molecule has 0 saturated carbocycles. The lowest BCUT2D eigenvalue weighted by atomic mass is 9.97. The van der Waals surface area contributed by atoms with E-state index in [2.05, 4.69) is 9.97 Å². The summed E-state index contributed by atoms with van der Waals surface area (Å²) in [5, 5.41) is 9.60. The Morgan fingerprint density at radius 1 is 1.11 bits per heavy atom. The van der Waals surface area contributed by atoms with Gasteiger partial charge in [-0.25, -0.2) is 9.97 Å². The van der Waals surface area contributed by atoms with Crippen LogP contribution >= 0.6 is 0 Å². The molecule has 0 bridgehead atoms. The number of hydrogen-bond acceptors (Lipinski definition) is 4. The van der Waals surface area contributed by atoms with Crippen molar-refractivity contribution in [2.45, 2.75) is 32.6 Å². The Kier molecular flexibility index (Phi) is 3.07. The summed E-state index contributed by atoms with van der Waals surface area (Å²) in [4.78, 5) is 8.55. The second-order valence-corrected chi connectivity index (χ2v) is 4.92. The van der Waals surface area contributed by atoms with Gasteiger partial charge < -0.3 is 9.84 Å². The Balaban J connectivity index is 1.95. The Morgan fingerprint density at radius 2 is 1.95 bits per heavy atom. The van der Waals surface area contributed by atoms with Gasteiger partial charge >= 0.3 is 0 Å². The Hall–Kier alpha value is -2.10. The highest BCUT2D eigenvalue weighted by molar-refractivity contribution is 5.41. The van der Waals surface area contributed by atoms with Crippen molar-refractivity contribution in [3.05, 3.63) is 41.3 Å². The third-order valence-corrected chi connectivity index (χ3v) is 3.34. The third kappa shape index (κ3) is 2.52. The second kappa shape index (κ2) is 4.88. The first-order valence-electron chi connectivity index (χ1n) is 6.53. The number of nitrogens with zero attached hydrogens (tertiary/aromatic N) is 2. The van der Waals surface area contributed by atoms with Crippen LogP contribution in [0, 0.1) is 6.92 Å². The Bertz CT molecular complexity index is 591. The minimum absolute atomic E-state index is 0.206. The predicted molar refractivity (Wildman–Crippen MR) is 71.6 cm³/mol. The van der Waals surface area contributed by atoms with E-state index in [1.54, 1.807) is 18.5 Å². The normalized spacial score (nSPS) is 13.9. The number of phenols is 1. The molecule has 4 heteroatoms. The molecular formula is C15H16N2O2. The smallest absolute Gasteiger partial charge is 0.225 e. The molecule has 4 nitrogen and oxygen atoms in total. The van der Waals surface area contributed by atoms with Crippen molar-refractivity contribution in [1.82, 2.24) is 9.97 Å². The molecule has 19 heavy (non-hydrogen) atoms. The van der Waals surface area contributed by atoms with Crippen molar-refractivity contribution in [3.8, 4) is 17.4 Å². The standard InChI is InChI=1S/C15H16N2O2/c1-10-6-11(18)8-12(7-10)19-15-13-4-2-3-5-14(13)16-9-17-15/h6-9,18H,2-5H2,1H3. The molecule has 1 heterocycles. The second-order valence-electron chi connectivity index (χ2n) is 4.92. The van der Waals surface area contributed by atoms with Crippen LogP contribution in [-0.2, 0) is 12.8 Å². The number of phenolic OH excluding ortho intramolecular Hbond substituents is 1. The largest absolute Gasteiger partial charge is 0.508 e. The van der Waals surface area contributed by atoms with Gasteiger partial charge in [-0.3, -0.25) is 0 Å². The van der Waals surface area contributed by atoms with Gasteiger partial charge in [0.1, 0.15) is 17.8 Å². The molecule has 1 aromatic heterocycles. The maximum atomic E-state index is 9.60. The van der Waals surface area contributed by atoms with Gasteiger partial charge in [0.15, 0.2) is 0 Å². The number of aryl methyl sites for hydroxylation is 2. The molecule has 3 rings (SSSR count). The van der Waals surface area contributed by atoms with Crippen LogP contribution in [0.4, 0.5) is 0 Å². The maximum absolute atomic E-state index is 9.60. The van der Waals surface area contributed by atoms with Crippen LogP contribution < -0.4 is 4.74 Å². The van der Waals surface area contributed by atoms with Crippen molar-refractivity contribution in [2.24, 2.45) is 0 Å². The van der Waals surface area contributed by atoms with E-state index in [1.807, 2.05) is 13.0 Å². The molecule has 0 saturated heterocycles.